The fourth-order valence-electron chi connectivity index (χ4n) is 2.34. The highest BCUT2D eigenvalue weighted by Crippen LogP contribution is 2.30. The summed E-state index contributed by atoms with van der Waals surface area (Å²) in [7, 11) is 1.58. The first-order valence-electron chi connectivity index (χ1n) is 8.28. The number of amides is 2. The number of fused-ring (bicyclic) bond motifs is 1. The maximum atomic E-state index is 12.1. The zero-order valence-corrected chi connectivity index (χ0v) is 14.7. The second-order valence-electron chi connectivity index (χ2n) is 5.65. The largest absolute Gasteiger partial charge is 0.497 e. The Morgan fingerprint density at radius 2 is 1.93 bits per heavy atom. The van der Waals surface area contributed by atoms with Gasteiger partial charge in [-0.2, -0.15) is 5.10 Å². The number of carbonyl (C=O) groups is 2. The van der Waals surface area contributed by atoms with Crippen LogP contribution in [0.15, 0.2) is 53.6 Å². The van der Waals surface area contributed by atoms with E-state index >= 15 is 0 Å². The molecule has 0 spiro atoms. The third-order valence-electron chi connectivity index (χ3n) is 3.74. The van der Waals surface area contributed by atoms with Crippen molar-refractivity contribution < 1.29 is 23.8 Å². The quantitative estimate of drug-likeness (QED) is 0.587. The number of ether oxygens (including phenoxy) is 3. The number of nitrogens with zero attached hydrogens (tertiary/aromatic N) is 1. The van der Waals surface area contributed by atoms with Gasteiger partial charge < -0.3 is 19.5 Å². The van der Waals surface area contributed by atoms with Crippen LogP contribution in [-0.4, -0.2) is 44.4 Å². The van der Waals surface area contributed by atoms with Gasteiger partial charge in [-0.1, -0.05) is 12.1 Å². The molecular formula is C19H19N3O5. The van der Waals surface area contributed by atoms with Crippen molar-refractivity contribution in [1.29, 1.82) is 0 Å². The van der Waals surface area contributed by atoms with Crippen molar-refractivity contribution >= 4 is 18.0 Å². The lowest BCUT2D eigenvalue weighted by atomic mass is 10.2. The van der Waals surface area contributed by atoms with Crippen molar-refractivity contribution in [1.82, 2.24) is 10.7 Å². The molecule has 8 heteroatoms. The predicted molar refractivity (Wildman–Crippen MR) is 98.1 cm³/mol. The van der Waals surface area contributed by atoms with Crippen LogP contribution in [0.5, 0.6) is 17.2 Å². The number of rotatable bonds is 6. The monoisotopic (exact) mass is 369 g/mol. The number of methoxy groups -OCH3 is 1. The van der Waals surface area contributed by atoms with Gasteiger partial charge in [-0.3, -0.25) is 9.59 Å². The zero-order chi connectivity index (χ0) is 19.1. The van der Waals surface area contributed by atoms with E-state index in [1.807, 2.05) is 6.07 Å². The highest BCUT2D eigenvalue weighted by Gasteiger charge is 2.27. The SMILES string of the molecule is COc1ccc(/C=N\NC(=O)CNC(=O)[C@H]2COc3ccccc3O2)cc1. The molecule has 1 aliphatic rings. The van der Waals surface area contributed by atoms with Gasteiger partial charge in [0.1, 0.15) is 12.4 Å². The number of carbonyl (C=O) groups excluding carboxylic acids is 2. The van der Waals surface area contributed by atoms with Gasteiger partial charge in [-0.25, -0.2) is 5.43 Å². The minimum Gasteiger partial charge on any atom is -0.497 e. The van der Waals surface area contributed by atoms with Crippen molar-refractivity contribution in [3.05, 3.63) is 54.1 Å². The lowest BCUT2D eigenvalue weighted by molar-refractivity contribution is -0.132. The van der Waals surface area contributed by atoms with Gasteiger partial charge in [0, 0.05) is 0 Å². The van der Waals surface area contributed by atoms with Crippen molar-refractivity contribution in [2.45, 2.75) is 6.10 Å². The van der Waals surface area contributed by atoms with Crippen LogP contribution >= 0.6 is 0 Å². The van der Waals surface area contributed by atoms with Crippen molar-refractivity contribution in [3.8, 4) is 17.2 Å². The van der Waals surface area contributed by atoms with Crippen LogP contribution in [0.25, 0.3) is 0 Å². The Hall–Kier alpha value is -3.55. The molecule has 0 saturated heterocycles. The predicted octanol–water partition coefficient (Wildman–Crippen LogP) is 1.10. The second kappa shape index (κ2) is 8.70. The van der Waals surface area contributed by atoms with E-state index in [0.29, 0.717) is 11.5 Å². The molecule has 2 aromatic rings. The van der Waals surface area contributed by atoms with Crippen LogP contribution in [0.3, 0.4) is 0 Å². The fourth-order valence-corrected chi connectivity index (χ4v) is 2.34. The third kappa shape index (κ3) is 4.97. The van der Waals surface area contributed by atoms with Crippen LogP contribution in [0, 0.1) is 0 Å². The number of hydrazone groups is 1. The average Bonchev–Trinajstić information content (AvgIpc) is 2.72. The maximum absolute atomic E-state index is 12.1. The molecule has 2 amide bonds. The lowest BCUT2D eigenvalue weighted by Gasteiger charge is -2.25. The Balaban J connectivity index is 1.42. The molecule has 0 bridgehead atoms. The Bertz CT molecular complexity index is 835. The van der Waals surface area contributed by atoms with Crippen LogP contribution in [0.2, 0.25) is 0 Å². The Labute approximate surface area is 156 Å². The van der Waals surface area contributed by atoms with E-state index in [-0.39, 0.29) is 13.2 Å². The topological polar surface area (TPSA) is 98.2 Å². The van der Waals surface area contributed by atoms with Crippen molar-refractivity contribution in [2.75, 3.05) is 20.3 Å². The van der Waals surface area contributed by atoms with Gasteiger partial charge in [-0.05, 0) is 42.0 Å². The summed E-state index contributed by atoms with van der Waals surface area (Å²) in [4.78, 5) is 23.9. The van der Waals surface area contributed by atoms with Gasteiger partial charge in [-0.15, -0.1) is 0 Å². The highest BCUT2D eigenvalue weighted by atomic mass is 16.6. The summed E-state index contributed by atoms with van der Waals surface area (Å²) >= 11 is 0. The van der Waals surface area contributed by atoms with Gasteiger partial charge in [0.05, 0.1) is 19.9 Å². The van der Waals surface area contributed by atoms with E-state index in [0.717, 1.165) is 11.3 Å². The standard InChI is InChI=1S/C19H19N3O5/c1-25-14-8-6-13(7-9-14)10-21-22-18(23)11-20-19(24)17-12-26-15-4-2-3-5-16(15)27-17/h2-10,17H,11-12H2,1H3,(H,20,24)(H,22,23)/b21-10-/t17-/m1/s1. The fraction of sp³-hybridized carbons (Fsp3) is 0.211. The van der Waals surface area contributed by atoms with Crippen LogP contribution in [-0.2, 0) is 9.59 Å². The summed E-state index contributed by atoms with van der Waals surface area (Å²) in [5.74, 6) is 0.934. The van der Waals surface area contributed by atoms with Gasteiger partial charge >= 0.3 is 0 Å². The van der Waals surface area contributed by atoms with Gasteiger partial charge in [0.25, 0.3) is 11.8 Å². The summed E-state index contributed by atoms with van der Waals surface area (Å²) in [6.45, 7) is -0.139. The molecule has 27 heavy (non-hydrogen) atoms. The second-order valence-corrected chi connectivity index (χ2v) is 5.65. The first-order valence-corrected chi connectivity index (χ1v) is 8.28. The van der Waals surface area contributed by atoms with Crippen molar-refractivity contribution in [3.63, 3.8) is 0 Å². The minimum atomic E-state index is -0.810. The average molecular weight is 369 g/mol. The highest BCUT2D eigenvalue weighted by molar-refractivity contribution is 5.88. The number of benzene rings is 2. The molecule has 3 rings (SSSR count). The minimum absolute atomic E-state index is 0.0834. The molecule has 0 aromatic heterocycles. The number of nitrogens with one attached hydrogen (secondary N) is 2. The molecule has 2 aromatic carbocycles. The molecule has 0 aliphatic carbocycles. The normalized spacial score (nSPS) is 15.2. The summed E-state index contributed by atoms with van der Waals surface area (Å²) in [6, 6.07) is 14.3. The molecule has 8 nitrogen and oxygen atoms in total. The smallest absolute Gasteiger partial charge is 0.265 e. The summed E-state index contributed by atoms with van der Waals surface area (Å²) in [5, 5.41) is 6.34. The van der Waals surface area contributed by atoms with E-state index in [4.69, 9.17) is 14.2 Å². The zero-order valence-electron chi connectivity index (χ0n) is 14.7. The first-order chi connectivity index (χ1) is 13.2. The van der Waals surface area contributed by atoms with E-state index in [2.05, 4.69) is 15.8 Å². The molecule has 1 atom stereocenters. The van der Waals surface area contributed by atoms with Crippen LogP contribution < -0.4 is 25.0 Å². The Kier molecular flexibility index (Phi) is 5.88. The number of hydrogen-bond acceptors (Lipinski definition) is 6. The Morgan fingerprint density at radius 1 is 1.19 bits per heavy atom. The van der Waals surface area contributed by atoms with E-state index in [9.17, 15) is 9.59 Å². The molecule has 0 unspecified atom stereocenters. The molecule has 0 radical (unpaired) electrons. The van der Waals surface area contributed by atoms with Crippen LogP contribution in [0.1, 0.15) is 5.56 Å². The van der Waals surface area contributed by atoms with E-state index < -0.39 is 17.9 Å². The summed E-state index contributed by atoms with van der Waals surface area (Å²) < 4.78 is 16.1. The summed E-state index contributed by atoms with van der Waals surface area (Å²) in [5.41, 5.74) is 3.14. The maximum Gasteiger partial charge on any atom is 0.265 e. The third-order valence-corrected chi connectivity index (χ3v) is 3.74. The van der Waals surface area contributed by atoms with Crippen LogP contribution in [0.4, 0.5) is 0 Å². The molecule has 2 N–H and O–H groups in total. The van der Waals surface area contributed by atoms with E-state index in [1.54, 1.807) is 49.6 Å². The van der Waals surface area contributed by atoms with Crippen molar-refractivity contribution in [2.24, 2.45) is 5.10 Å². The first kappa shape index (κ1) is 18.2. The summed E-state index contributed by atoms with van der Waals surface area (Å²) in [6.07, 6.45) is 0.685. The van der Waals surface area contributed by atoms with Gasteiger partial charge in [0.2, 0.25) is 6.10 Å². The number of para-hydroxylation sites is 2. The molecule has 0 fully saturated rings. The molecular weight excluding hydrogens is 350 g/mol. The molecule has 1 heterocycles. The van der Waals surface area contributed by atoms with Gasteiger partial charge in [0.15, 0.2) is 11.5 Å². The van der Waals surface area contributed by atoms with E-state index in [1.165, 1.54) is 6.21 Å². The molecule has 1 aliphatic heterocycles. The molecule has 0 saturated carbocycles. The molecule has 140 valence electrons. The Morgan fingerprint density at radius 3 is 2.67 bits per heavy atom. The number of hydrogen-bond donors (Lipinski definition) is 2. The lowest BCUT2D eigenvalue weighted by Crippen LogP contribution is -2.46.